The zero-order valence-electron chi connectivity index (χ0n) is 11.2. The van der Waals surface area contributed by atoms with Crippen molar-refractivity contribution in [1.29, 1.82) is 0 Å². The van der Waals surface area contributed by atoms with Gasteiger partial charge >= 0.3 is 0 Å². The van der Waals surface area contributed by atoms with Crippen molar-refractivity contribution in [3.05, 3.63) is 33.9 Å². The van der Waals surface area contributed by atoms with Crippen molar-refractivity contribution in [3.63, 3.8) is 0 Å². The van der Waals surface area contributed by atoms with Crippen molar-refractivity contribution in [2.75, 3.05) is 0 Å². The van der Waals surface area contributed by atoms with Crippen LogP contribution in [0.4, 0.5) is 0 Å². The average Bonchev–Trinajstić information content (AvgIpc) is 2.90. The molecule has 98 valence electrons. The zero-order valence-corrected chi connectivity index (χ0v) is 11.9. The summed E-state index contributed by atoms with van der Waals surface area (Å²) in [6.45, 7) is 7.68. The fourth-order valence-corrected chi connectivity index (χ4v) is 2.33. The van der Waals surface area contributed by atoms with Crippen LogP contribution in [-0.4, -0.2) is 19.8 Å². The van der Waals surface area contributed by atoms with Gasteiger partial charge in [0.2, 0.25) is 0 Å². The fraction of sp³-hybridized carbons (Fsp3) is 0.308. The van der Waals surface area contributed by atoms with E-state index < -0.39 is 0 Å². The van der Waals surface area contributed by atoms with Gasteiger partial charge in [0.1, 0.15) is 11.5 Å². The number of rotatable bonds is 1. The fourth-order valence-electron chi connectivity index (χ4n) is 2.11. The van der Waals surface area contributed by atoms with Crippen LogP contribution >= 0.6 is 11.6 Å². The van der Waals surface area contributed by atoms with Gasteiger partial charge in [0, 0.05) is 5.56 Å². The molecule has 0 atom stereocenters. The van der Waals surface area contributed by atoms with Crippen LogP contribution in [0.15, 0.2) is 10.5 Å². The number of furan rings is 1. The van der Waals surface area contributed by atoms with Crippen molar-refractivity contribution in [2.45, 2.75) is 27.7 Å². The van der Waals surface area contributed by atoms with E-state index in [9.17, 15) is 0 Å². The highest BCUT2D eigenvalue weighted by molar-refractivity contribution is 6.30. The molecule has 0 radical (unpaired) electrons. The zero-order chi connectivity index (χ0) is 13.7. The van der Waals surface area contributed by atoms with Gasteiger partial charge in [-0.3, -0.25) is 0 Å². The summed E-state index contributed by atoms with van der Waals surface area (Å²) in [6, 6.07) is 1.93. The molecule has 3 rings (SSSR count). The van der Waals surface area contributed by atoms with Gasteiger partial charge in [0.05, 0.1) is 5.56 Å². The lowest BCUT2D eigenvalue weighted by Crippen LogP contribution is -2.00. The molecule has 0 amide bonds. The molecule has 0 fully saturated rings. The summed E-state index contributed by atoms with van der Waals surface area (Å²) < 4.78 is 7.20. The molecule has 0 unspecified atom stereocenters. The van der Waals surface area contributed by atoms with E-state index >= 15 is 0 Å². The first kappa shape index (κ1) is 12.2. The Morgan fingerprint density at radius 3 is 2.47 bits per heavy atom. The van der Waals surface area contributed by atoms with Gasteiger partial charge in [-0.25, -0.2) is 0 Å². The molecule has 0 saturated carbocycles. The van der Waals surface area contributed by atoms with Crippen molar-refractivity contribution in [1.82, 2.24) is 19.8 Å². The molecule has 0 bridgehead atoms. The van der Waals surface area contributed by atoms with E-state index in [1.807, 2.05) is 33.8 Å². The van der Waals surface area contributed by atoms with Gasteiger partial charge in [-0.05, 0) is 39.3 Å². The van der Waals surface area contributed by atoms with E-state index in [1.165, 1.54) is 0 Å². The van der Waals surface area contributed by atoms with Crippen LogP contribution in [0.3, 0.4) is 0 Å². The van der Waals surface area contributed by atoms with Gasteiger partial charge in [-0.2, -0.15) is 9.61 Å². The summed E-state index contributed by atoms with van der Waals surface area (Å²) >= 11 is 6.14. The van der Waals surface area contributed by atoms with E-state index in [0.29, 0.717) is 11.0 Å². The van der Waals surface area contributed by atoms with Gasteiger partial charge < -0.3 is 4.42 Å². The van der Waals surface area contributed by atoms with Crippen LogP contribution < -0.4 is 0 Å². The van der Waals surface area contributed by atoms with Crippen molar-refractivity contribution in [2.24, 2.45) is 0 Å². The molecule has 3 aromatic heterocycles. The molecule has 6 heteroatoms. The number of hydrogen-bond donors (Lipinski definition) is 0. The minimum absolute atomic E-state index is 0.462. The third-order valence-corrected chi connectivity index (χ3v) is 3.68. The van der Waals surface area contributed by atoms with Gasteiger partial charge in [0.15, 0.2) is 16.6 Å². The normalized spacial score (nSPS) is 11.4. The molecule has 0 aliphatic heterocycles. The average molecular weight is 277 g/mol. The van der Waals surface area contributed by atoms with Crippen LogP contribution in [0.25, 0.3) is 17.0 Å². The Morgan fingerprint density at radius 2 is 1.84 bits per heavy atom. The summed E-state index contributed by atoms with van der Waals surface area (Å²) in [5.41, 5.74) is 3.51. The summed E-state index contributed by atoms with van der Waals surface area (Å²) in [6.07, 6.45) is 0. The number of aromatic nitrogens is 4. The first-order chi connectivity index (χ1) is 8.99. The third kappa shape index (κ3) is 1.73. The van der Waals surface area contributed by atoms with Crippen LogP contribution in [-0.2, 0) is 0 Å². The van der Waals surface area contributed by atoms with Crippen molar-refractivity contribution in [3.8, 4) is 11.4 Å². The molecular weight excluding hydrogens is 264 g/mol. The molecule has 0 aliphatic carbocycles. The molecule has 0 saturated heterocycles. The third-order valence-electron chi connectivity index (χ3n) is 3.32. The lowest BCUT2D eigenvalue weighted by Gasteiger charge is -2.04. The summed E-state index contributed by atoms with van der Waals surface area (Å²) in [7, 11) is 0. The Kier molecular flexibility index (Phi) is 2.60. The standard InChI is InChI=1S/C13H13ClN4O/c1-6-5-10(9(4)19-6)13-16-15-12-8(3)7(2)11(14)17-18(12)13/h5H,1-4H3. The molecule has 0 aromatic carbocycles. The maximum Gasteiger partial charge on any atom is 0.188 e. The monoisotopic (exact) mass is 276 g/mol. The SMILES string of the molecule is Cc1cc(-c2nnc3c(C)c(C)c(Cl)nn23)c(C)o1. The smallest absolute Gasteiger partial charge is 0.188 e. The van der Waals surface area contributed by atoms with E-state index in [2.05, 4.69) is 15.3 Å². The number of aryl methyl sites for hydroxylation is 3. The number of halogens is 1. The maximum atomic E-state index is 6.14. The van der Waals surface area contributed by atoms with E-state index in [-0.39, 0.29) is 0 Å². The second kappa shape index (κ2) is 4.06. The Hall–Kier alpha value is -1.88. The molecule has 5 nitrogen and oxygen atoms in total. The van der Waals surface area contributed by atoms with Crippen LogP contribution in [0.1, 0.15) is 22.6 Å². The lowest BCUT2D eigenvalue weighted by atomic mass is 10.2. The van der Waals surface area contributed by atoms with Gasteiger partial charge in [0.25, 0.3) is 0 Å². The van der Waals surface area contributed by atoms with E-state index in [4.69, 9.17) is 16.0 Å². The van der Waals surface area contributed by atoms with Crippen LogP contribution in [0.2, 0.25) is 5.15 Å². The highest BCUT2D eigenvalue weighted by Gasteiger charge is 2.18. The summed E-state index contributed by atoms with van der Waals surface area (Å²) in [5, 5.41) is 13.2. The highest BCUT2D eigenvalue weighted by atomic mass is 35.5. The van der Waals surface area contributed by atoms with Crippen molar-refractivity contribution >= 4 is 17.2 Å². The number of fused-ring (bicyclic) bond motifs is 1. The topological polar surface area (TPSA) is 56.2 Å². The molecule has 3 heterocycles. The maximum absolute atomic E-state index is 6.14. The minimum Gasteiger partial charge on any atom is -0.466 e. The second-order valence-electron chi connectivity index (χ2n) is 4.63. The quantitative estimate of drug-likeness (QED) is 0.684. The van der Waals surface area contributed by atoms with Gasteiger partial charge in [-0.15, -0.1) is 10.2 Å². The molecule has 0 N–H and O–H groups in total. The van der Waals surface area contributed by atoms with E-state index in [0.717, 1.165) is 33.9 Å². The number of nitrogens with zero attached hydrogens (tertiary/aromatic N) is 4. The first-order valence-corrected chi connectivity index (χ1v) is 6.32. The van der Waals surface area contributed by atoms with E-state index in [1.54, 1.807) is 4.52 Å². The molecule has 3 aromatic rings. The summed E-state index contributed by atoms with van der Waals surface area (Å²) in [5.74, 6) is 2.27. The Bertz CT molecular complexity index is 788. The Balaban J connectivity index is 2.35. The Morgan fingerprint density at radius 1 is 1.11 bits per heavy atom. The molecule has 19 heavy (non-hydrogen) atoms. The molecular formula is C13H13ClN4O. The molecule has 0 aliphatic rings. The predicted octanol–water partition coefficient (Wildman–Crippen LogP) is 3.27. The first-order valence-electron chi connectivity index (χ1n) is 5.94. The second-order valence-corrected chi connectivity index (χ2v) is 4.98. The summed E-state index contributed by atoms with van der Waals surface area (Å²) in [4.78, 5) is 0. The number of hydrogen-bond acceptors (Lipinski definition) is 4. The van der Waals surface area contributed by atoms with Crippen LogP contribution in [0, 0.1) is 27.7 Å². The van der Waals surface area contributed by atoms with Crippen LogP contribution in [0.5, 0.6) is 0 Å². The van der Waals surface area contributed by atoms with Crippen molar-refractivity contribution < 1.29 is 4.42 Å². The molecule has 0 spiro atoms. The predicted molar refractivity (Wildman–Crippen MR) is 72.4 cm³/mol. The minimum atomic E-state index is 0.462. The lowest BCUT2D eigenvalue weighted by molar-refractivity contribution is 0.505. The van der Waals surface area contributed by atoms with Gasteiger partial charge in [-0.1, -0.05) is 11.6 Å². The largest absolute Gasteiger partial charge is 0.466 e. The Labute approximate surface area is 115 Å². The highest BCUT2D eigenvalue weighted by Crippen LogP contribution is 2.27.